The van der Waals surface area contributed by atoms with E-state index >= 15 is 4.79 Å². The summed E-state index contributed by atoms with van der Waals surface area (Å²) < 4.78 is 72.1. The number of aryl methyl sites for hydroxylation is 1. The molecule has 1 aliphatic carbocycles. The molecule has 0 aliphatic heterocycles. The number of ether oxygens (including phenoxy) is 5. The van der Waals surface area contributed by atoms with Crippen LogP contribution in [0.3, 0.4) is 0 Å². The van der Waals surface area contributed by atoms with Gasteiger partial charge in [0.05, 0.1) is 24.4 Å². The minimum atomic E-state index is -5.35. The van der Waals surface area contributed by atoms with Gasteiger partial charge in [0.1, 0.15) is 35.4 Å². The summed E-state index contributed by atoms with van der Waals surface area (Å²) >= 11 is 0. The number of alkyl halides is 3. The molecule has 81 heavy (non-hydrogen) atoms. The number of amides is 5. The lowest BCUT2D eigenvalue weighted by atomic mass is 9.88. The third kappa shape index (κ3) is 18.0. The van der Waals surface area contributed by atoms with Crippen LogP contribution in [0.2, 0.25) is 0 Å². The molecule has 5 amide bonds. The molecule has 3 aromatic carbocycles. The number of carbonyl (C=O) groups excluding carboxylic acids is 10. The molecule has 0 radical (unpaired) electrons. The largest absolute Gasteiger partial charge is 0.459 e. The van der Waals surface area contributed by atoms with Crippen molar-refractivity contribution in [2.45, 2.75) is 168 Å². The van der Waals surface area contributed by atoms with Gasteiger partial charge in [-0.1, -0.05) is 95.7 Å². The van der Waals surface area contributed by atoms with E-state index in [-0.39, 0.29) is 63.8 Å². The standard InChI is InChI=1S/C58H72F3N5O15/c1-9-10-11-12-13-14-18-22-38(81-56(76)57(77-8,58(59,60)61)37-20-16-15-17-21-37)30-48(72)64-42(31-47(63)71)55(75)65-40(25-26-46(62)70)54(74)66-41(27-32(2)3)50-52(49-39(53(50)73)28-33(4)29-45(49)80-36(7)69)51-43(78-34(5)67)23-19-24-44(51)79-35(6)68/h15-17,19-21,23-24,28-29,32,38,40-42H,9-14,18,22,25-27,30-31H2,1-8H3,(H2,62,70)(H2,63,71)(H,64,72)(H,65,75)(H,66,74)/t38-,40+,41-,42+,57+/m1/s1. The lowest BCUT2D eigenvalue weighted by Gasteiger charge is -2.33. The molecule has 0 aromatic heterocycles. The van der Waals surface area contributed by atoms with Gasteiger partial charge in [0.2, 0.25) is 29.5 Å². The lowest BCUT2D eigenvalue weighted by Crippen LogP contribution is -2.56. The van der Waals surface area contributed by atoms with Gasteiger partial charge in [-0.25, -0.2) is 4.79 Å². The summed E-state index contributed by atoms with van der Waals surface area (Å²) in [5.74, 6) is -11.2. The third-order valence-electron chi connectivity index (χ3n) is 13.0. The topological polar surface area (TPSA) is 305 Å². The Balaban J connectivity index is 1.79. The Hall–Kier alpha value is -7.95. The van der Waals surface area contributed by atoms with Crippen LogP contribution in [0.1, 0.15) is 158 Å². The number of ketones is 1. The van der Waals surface area contributed by atoms with Crippen molar-refractivity contribution >= 4 is 64.8 Å². The average Bonchev–Trinajstić information content (AvgIpc) is 3.73. The number of unbranched alkanes of at least 4 members (excludes halogenated alkanes) is 6. The Morgan fingerprint density at radius 1 is 0.654 bits per heavy atom. The first kappa shape index (κ1) is 65.6. The average molecular weight is 1140 g/mol. The van der Waals surface area contributed by atoms with Crippen LogP contribution in [-0.2, 0) is 58.2 Å². The zero-order valence-electron chi connectivity index (χ0n) is 46.8. The van der Waals surface area contributed by atoms with Crippen LogP contribution in [0.15, 0.2) is 66.2 Å². The van der Waals surface area contributed by atoms with Crippen LogP contribution >= 0.6 is 0 Å². The molecule has 5 atom stereocenters. The number of hydrogen-bond acceptors (Lipinski definition) is 15. The van der Waals surface area contributed by atoms with E-state index in [1.165, 1.54) is 48.5 Å². The molecule has 3 aromatic rings. The zero-order valence-corrected chi connectivity index (χ0v) is 46.8. The van der Waals surface area contributed by atoms with E-state index in [0.29, 0.717) is 25.5 Å². The Morgan fingerprint density at radius 2 is 1.22 bits per heavy atom. The second-order valence-corrected chi connectivity index (χ2v) is 20.2. The van der Waals surface area contributed by atoms with Gasteiger partial charge in [0, 0.05) is 62.1 Å². The second-order valence-electron chi connectivity index (χ2n) is 20.2. The number of benzene rings is 3. The van der Waals surface area contributed by atoms with Crippen LogP contribution in [0.5, 0.6) is 17.2 Å². The molecule has 0 spiro atoms. The maximum atomic E-state index is 15.1. The van der Waals surface area contributed by atoms with Gasteiger partial charge in [-0.15, -0.1) is 0 Å². The molecule has 0 unspecified atom stereocenters. The van der Waals surface area contributed by atoms with Crippen LogP contribution in [0, 0.1) is 12.8 Å². The summed E-state index contributed by atoms with van der Waals surface area (Å²) in [6, 6.07) is 8.18. The number of Topliss-reactive ketones (excluding diaryl/α,β-unsaturated/α-hetero) is 1. The highest BCUT2D eigenvalue weighted by Gasteiger charge is 2.64. The molecule has 23 heteroatoms. The van der Waals surface area contributed by atoms with Crippen molar-refractivity contribution in [2.24, 2.45) is 17.4 Å². The van der Waals surface area contributed by atoms with E-state index in [9.17, 15) is 56.3 Å². The monoisotopic (exact) mass is 1140 g/mol. The highest BCUT2D eigenvalue weighted by atomic mass is 19.4. The maximum absolute atomic E-state index is 15.1. The molecular formula is C58H72F3N5O15. The predicted octanol–water partition coefficient (Wildman–Crippen LogP) is 6.96. The van der Waals surface area contributed by atoms with Gasteiger partial charge in [0.25, 0.3) is 5.60 Å². The zero-order chi connectivity index (χ0) is 60.4. The highest BCUT2D eigenvalue weighted by molar-refractivity contribution is 6.25. The summed E-state index contributed by atoms with van der Waals surface area (Å²) in [4.78, 5) is 135. The number of halogens is 3. The fraction of sp³-hybridized carbons (Fsp3) is 0.483. The molecule has 0 fully saturated rings. The molecule has 0 saturated heterocycles. The van der Waals surface area contributed by atoms with Crippen LogP contribution in [-0.4, -0.2) is 96.7 Å². The number of methoxy groups -OCH3 is 1. The van der Waals surface area contributed by atoms with E-state index in [2.05, 4.69) is 16.0 Å². The van der Waals surface area contributed by atoms with Gasteiger partial charge in [-0.05, 0) is 68.4 Å². The predicted molar refractivity (Wildman–Crippen MR) is 288 cm³/mol. The quantitative estimate of drug-likeness (QED) is 0.0247. The highest BCUT2D eigenvalue weighted by Crippen LogP contribution is 2.50. The van der Waals surface area contributed by atoms with Crippen molar-refractivity contribution < 1.29 is 84.8 Å². The van der Waals surface area contributed by atoms with Gasteiger partial charge in [-0.2, -0.15) is 13.2 Å². The summed E-state index contributed by atoms with van der Waals surface area (Å²) in [6.07, 6.45) is -4.33. The van der Waals surface area contributed by atoms with Crippen LogP contribution in [0.4, 0.5) is 13.2 Å². The Bertz CT molecular complexity index is 2820. The van der Waals surface area contributed by atoms with Crippen LogP contribution < -0.4 is 41.6 Å². The van der Waals surface area contributed by atoms with E-state index < -0.39 is 126 Å². The fourth-order valence-electron chi connectivity index (χ4n) is 9.49. The third-order valence-corrected chi connectivity index (χ3v) is 13.0. The van der Waals surface area contributed by atoms with Crippen molar-refractivity contribution in [1.29, 1.82) is 0 Å². The number of primary amides is 2. The molecule has 7 N–H and O–H groups in total. The fourth-order valence-corrected chi connectivity index (χ4v) is 9.49. The van der Waals surface area contributed by atoms with Crippen molar-refractivity contribution in [3.05, 3.63) is 94.1 Å². The number of nitrogens with one attached hydrogen (secondary N) is 3. The molecule has 20 nitrogen and oxygen atoms in total. The molecule has 440 valence electrons. The summed E-state index contributed by atoms with van der Waals surface area (Å²) in [5.41, 5.74) is 6.93. The number of nitrogens with two attached hydrogens (primary N) is 2. The molecule has 0 saturated carbocycles. The Morgan fingerprint density at radius 3 is 1.75 bits per heavy atom. The van der Waals surface area contributed by atoms with Crippen LogP contribution in [0.25, 0.3) is 5.57 Å². The van der Waals surface area contributed by atoms with Crippen molar-refractivity contribution in [3.63, 3.8) is 0 Å². The van der Waals surface area contributed by atoms with Gasteiger partial charge < -0.3 is 51.1 Å². The molecule has 0 bridgehead atoms. The Kier molecular flexibility index (Phi) is 24.3. The number of rotatable bonds is 31. The molecular weight excluding hydrogens is 1060 g/mol. The normalized spacial score (nSPS) is 14.3. The molecule has 4 rings (SSSR count). The summed E-state index contributed by atoms with van der Waals surface area (Å²) in [5, 5.41) is 7.56. The first-order valence-electron chi connectivity index (χ1n) is 26.6. The van der Waals surface area contributed by atoms with E-state index in [1.54, 1.807) is 20.8 Å². The number of esters is 4. The summed E-state index contributed by atoms with van der Waals surface area (Å²) in [6.45, 7) is 10.5. The van der Waals surface area contributed by atoms with Crippen molar-refractivity contribution in [1.82, 2.24) is 16.0 Å². The first-order chi connectivity index (χ1) is 38.1. The maximum Gasteiger partial charge on any atom is 0.432 e. The van der Waals surface area contributed by atoms with E-state index in [1.807, 2.05) is 6.92 Å². The van der Waals surface area contributed by atoms with E-state index in [4.69, 9.17) is 35.2 Å². The second kappa shape index (κ2) is 30.0. The van der Waals surface area contributed by atoms with Gasteiger partial charge in [0.15, 0.2) is 5.78 Å². The summed E-state index contributed by atoms with van der Waals surface area (Å²) in [7, 11) is 0.690. The van der Waals surface area contributed by atoms with Crippen molar-refractivity contribution in [2.75, 3.05) is 7.11 Å². The smallest absolute Gasteiger partial charge is 0.432 e. The first-order valence-corrected chi connectivity index (χ1v) is 26.6. The Labute approximate surface area is 467 Å². The van der Waals surface area contributed by atoms with Gasteiger partial charge >= 0.3 is 30.1 Å². The minimum absolute atomic E-state index is 0.00408. The molecule has 1 aliphatic rings. The van der Waals surface area contributed by atoms with E-state index in [0.717, 1.165) is 65.0 Å². The minimum Gasteiger partial charge on any atom is -0.459 e. The number of carbonyl (C=O) groups is 10. The van der Waals surface area contributed by atoms with Crippen molar-refractivity contribution in [3.8, 4) is 17.2 Å². The SMILES string of the molecule is CCCCCCCCC[C@H](CC(=O)N[C@@H](CC(N)=O)C(=O)N[C@@H](CCC(N)=O)C(=O)N[C@H](CC(C)C)C1=C(c2c(OC(C)=O)cccc2OC(C)=O)c2c(OC(C)=O)cc(C)cc2C1=O)OC(=O)[C@@](OC)(c1ccccc1)C(F)(F)F. The lowest BCUT2D eigenvalue weighted by molar-refractivity contribution is -0.278. The molecule has 0 heterocycles. The van der Waals surface area contributed by atoms with Gasteiger partial charge in [-0.3, -0.25) is 43.2 Å². The number of fused-ring (bicyclic) bond motifs is 1. The number of hydrogen-bond donors (Lipinski definition) is 5.